The Morgan fingerprint density at radius 2 is 2.18 bits per heavy atom. The molecule has 0 spiro atoms. The van der Waals surface area contributed by atoms with Crippen molar-refractivity contribution in [1.29, 1.82) is 0 Å². The van der Waals surface area contributed by atoms with E-state index in [1.165, 1.54) is 16.8 Å². The molecular weight excluding hydrogens is 225 g/mol. The number of halogens is 1. The fraction of sp³-hybridized carbons (Fsp3) is 0.0909. The molecule has 2 aromatic rings. The average molecular weight is 235 g/mol. The second-order valence-corrected chi connectivity index (χ2v) is 3.51. The zero-order valence-corrected chi connectivity index (χ0v) is 8.80. The molecule has 1 heterocycles. The Morgan fingerprint density at radius 3 is 2.76 bits per heavy atom. The number of aromatic nitrogens is 2. The summed E-state index contributed by atoms with van der Waals surface area (Å²) in [7, 11) is 0. The van der Waals surface area contributed by atoms with Crippen molar-refractivity contribution in [1.82, 2.24) is 9.78 Å². The molecule has 0 amide bonds. The van der Waals surface area contributed by atoms with Gasteiger partial charge < -0.3 is 10.8 Å². The molecule has 5 nitrogen and oxygen atoms in total. The van der Waals surface area contributed by atoms with Gasteiger partial charge in [-0.15, -0.1) is 0 Å². The lowest BCUT2D eigenvalue weighted by Crippen LogP contribution is -2.08. The number of nitrogens with two attached hydrogens (primary N) is 1. The summed E-state index contributed by atoms with van der Waals surface area (Å²) in [6.07, 6.45) is 0. The quantitative estimate of drug-likeness (QED) is 0.841. The first-order valence-corrected chi connectivity index (χ1v) is 4.88. The van der Waals surface area contributed by atoms with Crippen LogP contribution in [0.1, 0.15) is 16.1 Å². The van der Waals surface area contributed by atoms with Crippen LogP contribution in [0.2, 0.25) is 0 Å². The number of nitrogen functional groups attached to an aromatic ring is 1. The first-order chi connectivity index (χ1) is 8.08. The molecular formula is C11H10FN3O2. The number of carboxylic acid groups (broad SMARTS) is 1. The van der Waals surface area contributed by atoms with E-state index < -0.39 is 5.97 Å². The van der Waals surface area contributed by atoms with E-state index in [0.717, 1.165) is 0 Å². The number of nitrogens with zero attached hydrogens (tertiary/aromatic N) is 2. The van der Waals surface area contributed by atoms with E-state index in [9.17, 15) is 9.18 Å². The second kappa shape index (κ2) is 4.25. The first-order valence-electron chi connectivity index (χ1n) is 4.88. The molecule has 1 aromatic carbocycles. The molecule has 0 saturated heterocycles. The van der Waals surface area contributed by atoms with Crippen LogP contribution in [0, 0.1) is 5.82 Å². The Balaban J connectivity index is 2.30. The zero-order valence-electron chi connectivity index (χ0n) is 8.80. The normalized spacial score (nSPS) is 10.4. The van der Waals surface area contributed by atoms with E-state index in [1.807, 2.05) is 0 Å². The summed E-state index contributed by atoms with van der Waals surface area (Å²) in [5.74, 6) is -1.35. The van der Waals surface area contributed by atoms with Gasteiger partial charge in [0.2, 0.25) is 0 Å². The molecule has 0 fully saturated rings. The topological polar surface area (TPSA) is 81.1 Å². The van der Waals surface area contributed by atoms with E-state index in [4.69, 9.17) is 10.8 Å². The number of hydrogen-bond acceptors (Lipinski definition) is 3. The van der Waals surface area contributed by atoms with Crippen molar-refractivity contribution < 1.29 is 14.3 Å². The number of carboxylic acids is 1. The van der Waals surface area contributed by atoms with Gasteiger partial charge in [-0.1, -0.05) is 18.2 Å². The molecule has 0 radical (unpaired) electrons. The molecule has 88 valence electrons. The van der Waals surface area contributed by atoms with E-state index >= 15 is 0 Å². The lowest BCUT2D eigenvalue weighted by Gasteiger charge is -2.04. The molecule has 6 heteroatoms. The van der Waals surface area contributed by atoms with Crippen LogP contribution in [0.5, 0.6) is 0 Å². The zero-order chi connectivity index (χ0) is 12.4. The van der Waals surface area contributed by atoms with Crippen molar-refractivity contribution in [2.75, 3.05) is 5.73 Å². The van der Waals surface area contributed by atoms with Crippen molar-refractivity contribution >= 4 is 11.8 Å². The van der Waals surface area contributed by atoms with Crippen molar-refractivity contribution in [2.45, 2.75) is 6.54 Å². The van der Waals surface area contributed by atoms with Crippen LogP contribution in [0.25, 0.3) is 0 Å². The maximum atomic E-state index is 13.4. The van der Waals surface area contributed by atoms with Gasteiger partial charge in [0, 0.05) is 11.6 Å². The Hall–Kier alpha value is -2.37. The maximum Gasteiger partial charge on any atom is 0.356 e. The monoisotopic (exact) mass is 235 g/mol. The molecule has 0 atom stereocenters. The fourth-order valence-corrected chi connectivity index (χ4v) is 1.45. The summed E-state index contributed by atoms with van der Waals surface area (Å²) in [4.78, 5) is 10.7. The Labute approximate surface area is 96.3 Å². The van der Waals surface area contributed by atoms with Gasteiger partial charge in [0.05, 0.1) is 6.54 Å². The van der Waals surface area contributed by atoms with Crippen LogP contribution in [0.4, 0.5) is 10.2 Å². The van der Waals surface area contributed by atoms with E-state index in [0.29, 0.717) is 5.56 Å². The highest BCUT2D eigenvalue weighted by molar-refractivity contribution is 5.86. The number of anilines is 1. The van der Waals surface area contributed by atoms with E-state index in [1.54, 1.807) is 18.2 Å². The van der Waals surface area contributed by atoms with E-state index in [2.05, 4.69) is 5.10 Å². The lowest BCUT2D eigenvalue weighted by molar-refractivity contribution is 0.0689. The van der Waals surface area contributed by atoms with Crippen LogP contribution in [0.15, 0.2) is 30.3 Å². The molecule has 0 saturated carbocycles. The largest absolute Gasteiger partial charge is 0.476 e. The highest BCUT2D eigenvalue weighted by atomic mass is 19.1. The number of rotatable bonds is 3. The number of carbonyl (C=O) groups is 1. The minimum Gasteiger partial charge on any atom is -0.476 e. The van der Waals surface area contributed by atoms with Gasteiger partial charge in [-0.05, 0) is 6.07 Å². The summed E-state index contributed by atoms with van der Waals surface area (Å²) in [5, 5.41) is 12.5. The van der Waals surface area contributed by atoms with Crippen LogP contribution < -0.4 is 5.73 Å². The predicted octanol–water partition coefficient (Wildman–Crippen LogP) is 1.35. The van der Waals surface area contributed by atoms with Crippen molar-refractivity contribution in [3.05, 3.63) is 47.4 Å². The summed E-state index contributed by atoms with van der Waals surface area (Å²) >= 11 is 0. The maximum absolute atomic E-state index is 13.4. The van der Waals surface area contributed by atoms with Crippen LogP contribution >= 0.6 is 0 Å². The third-order valence-corrected chi connectivity index (χ3v) is 2.31. The van der Waals surface area contributed by atoms with Crippen molar-refractivity contribution in [2.24, 2.45) is 0 Å². The molecule has 3 N–H and O–H groups in total. The number of benzene rings is 1. The molecule has 17 heavy (non-hydrogen) atoms. The predicted molar refractivity (Wildman–Crippen MR) is 59.1 cm³/mol. The van der Waals surface area contributed by atoms with Crippen molar-refractivity contribution in [3.8, 4) is 0 Å². The average Bonchev–Trinajstić information content (AvgIpc) is 2.64. The molecule has 0 unspecified atom stereocenters. The van der Waals surface area contributed by atoms with Gasteiger partial charge in [0.15, 0.2) is 5.69 Å². The minimum atomic E-state index is -1.16. The standard InChI is InChI=1S/C11H10FN3O2/c12-8-4-2-1-3-7(8)6-15-10(13)5-9(14-15)11(16)17/h1-5H,6,13H2,(H,16,17). The van der Waals surface area contributed by atoms with Gasteiger partial charge in [-0.3, -0.25) is 0 Å². The second-order valence-electron chi connectivity index (χ2n) is 3.51. The van der Waals surface area contributed by atoms with Crippen molar-refractivity contribution in [3.63, 3.8) is 0 Å². The highest BCUT2D eigenvalue weighted by Gasteiger charge is 2.12. The van der Waals surface area contributed by atoms with Gasteiger partial charge in [0.25, 0.3) is 0 Å². The fourth-order valence-electron chi connectivity index (χ4n) is 1.45. The number of aromatic carboxylic acids is 1. The summed E-state index contributed by atoms with van der Waals surface area (Å²) < 4.78 is 14.6. The van der Waals surface area contributed by atoms with Crippen LogP contribution in [-0.2, 0) is 6.54 Å². The third-order valence-electron chi connectivity index (χ3n) is 2.31. The SMILES string of the molecule is Nc1cc(C(=O)O)nn1Cc1ccccc1F. The summed E-state index contributed by atoms with van der Waals surface area (Å²) in [5.41, 5.74) is 5.84. The van der Waals surface area contributed by atoms with Gasteiger partial charge in [-0.25, -0.2) is 13.9 Å². The highest BCUT2D eigenvalue weighted by Crippen LogP contribution is 2.12. The third kappa shape index (κ3) is 2.25. The van der Waals surface area contributed by atoms with Crippen LogP contribution in [0.3, 0.4) is 0 Å². The lowest BCUT2D eigenvalue weighted by atomic mass is 10.2. The Kier molecular flexibility index (Phi) is 2.78. The molecule has 1 aromatic heterocycles. The van der Waals surface area contributed by atoms with Gasteiger partial charge in [0.1, 0.15) is 11.6 Å². The first kappa shape index (κ1) is 11.1. The molecule has 2 rings (SSSR count). The Bertz CT molecular complexity index is 566. The van der Waals surface area contributed by atoms with E-state index in [-0.39, 0.29) is 23.9 Å². The molecule has 0 bridgehead atoms. The van der Waals surface area contributed by atoms with Crippen LogP contribution in [-0.4, -0.2) is 20.9 Å². The molecule has 0 aliphatic heterocycles. The van der Waals surface area contributed by atoms with Gasteiger partial charge in [-0.2, -0.15) is 5.10 Å². The smallest absolute Gasteiger partial charge is 0.356 e. The molecule has 0 aliphatic carbocycles. The Morgan fingerprint density at radius 1 is 1.47 bits per heavy atom. The minimum absolute atomic E-state index is 0.103. The van der Waals surface area contributed by atoms with Gasteiger partial charge >= 0.3 is 5.97 Å². The summed E-state index contributed by atoms with van der Waals surface area (Å²) in [6.45, 7) is 0.103. The molecule has 0 aliphatic rings. The number of hydrogen-bond donors (Lipinski definition) is 2. The summed E-state index contributed by atoms with van der Waals surface area (Å²) in [6, 6.07) is 7.43.